The van der Waals surface area contributed by atoms with Crippen LogP contribution in [0.25, 0.3) is 0 Å². The Hall–Kier alpha value is -1.84. The van der Waals surface area contributed by atoms with Gasteiger partial charge in [-0.3, -0.25) is 4.90 Å². The zero-order chi connectivity index (χ0) is 14.7. The molecule has 3 nitrogen and oxygen atoms in total. The van der Waals surface area contributed by atoms with E-state index in [1.165, 1.54) is 0 Å². The van der Waals surface area contributed by atoms with Crippen LogP contribution >= 0.6 is 0 Å². The quantitative estimate of drug-likeness (QED) is 0.869. The minimum atomic E-state index is -0.867. The minimum Gasteiger partial charge on any atom is -0.381 e. The van der Waals surface area contributed by atoms with Crippen LogP contribution in [-0.4, -0.2) is 30.6 Å². The Labute approximate surface area is 125 Å². The Balaban J connectivity index is 2.04. The summed E-state index contributed by atoms with van der Waals surface area (Å²) >= 11 is 0. The Kier molecular flexibility index (Phi) is 2.51. The lowest BCUT2D eigenvalue weighted by molar-refractivity contribution is -0.0535. The molecule has 0 amide bonds. The molecule has 1 N–H and O–H groups in total. The lowest BCUT2D eigenvalue weighted by Crippen LogP contribution is -2.58. The number of benzene rings is 2. The van der Waals surface area contributed by atoms with Crippen LogP contribution in [0.5, 0.6) is 0 Å². The van der Waals surface area contributed by atoms with Gasteiger partial charge in [0.05, 0.1) is 0 Å². The van der Waals surface area contributed by atoms with Crippen molar-refractivity contribution in [2.45, 2.75) is 17.7 Å². The molecule has 0 bridgehead atoms. The summed E-state index contributed by atoms with van der Waals surface area (Å²) in [5.74, 6) is 0. The van der Waals surface area contributed by atoms with Crippen LogP contribution in [-0.2, 0) is 11.3 Å². The molecule has 0 aromatic heterocycles. The first-order chi connectivity index (χ1) is 10.1. The van der Waals surface area contributed by atoms with E-state index in [-0.39, 0.29) is 0 Å². The van der Waals surface area contributed by atoms with E-state index in [0.717, 1.165) is 29.8 Å². The highest BCUT2D eigenvalue weighted by molar-refractivity contribution is 5.67. The van der Waals surface area contributed by atoms with Crippen molar-refractivity contribution < 1.29 is 5.11 Å². The minimum absolute atomic E-state index is 0.516. The first-order valence-electron chi connectivity index (χ1n) is 7.45. The number of aliphatic hydroxyl groups is 1. The SMILES string of the molecule is CN1CC[C@@]2(O)c3ccccc3N(C)[C@@]12c1ccccc1. The second kappa shape index (κ2) is 4.09. The summed E-state index contributed by atoms with van der Waals surface area (Å²) in [6.45, 7) is 0.879. The lowest BCUT2D eigenvalue weighted by Gasteiger charge is -2.46. The predicted molar refractivity (Wildman–Crippen MR) is 84.1 cm³/mol. The maximum Gasteiger partial charge on any atom is 0.153 e. The van der Waals surface area contributed by atoms with Crippen LogP contribution in [0.4, 0.5) is 5.69 Å². The molecule has 3 heteroatoms. The highest BCUT2D eigenvalue weighted by atomic mass is 16.3. The number of likely N-dealkylation sites (N-methyl/N-ethyl adjacent to an activating group) is 2. The predicted octanol–water partition coefficient (Wildman–Crippen LogP) is 2.51. The summed E-state index contributed by atoms with van der Waals surface area (Å²) in [4.78, 5) is 4.52. The number of hydrogen-bond donors (Lipinski definition) is 1. The third kappa shape index (κ3) is 1.31. The van der Waals surface area contributed by atoms with Gasteiger partial charge in [-0.05, 0) is 25.1 Å². The highest BCUT2D eigenvalue weighted by Gasteiger charge is 2.66. The standard InChI is InChI=1S/C18H20N2O/c1-19-13-12-17(21)15-10-6-7-11-16(15)20(2)18(17,19)14-8-4-3-5-9-14/h3-11,21H,12-13H2,1-2H3/t17-,18-/m1/s1. The first-order valence-corrected chi connectivity index (χ1v) is 7.45. The van der Waals surface area contributed by atoms with Crippen molar-refractivity contribution in [3.8, 4) is 0 Å². The van der Waals surface area contributed by atoms with E-state index >= 15 is 0 Å². The number of likely N-dealkylation sites (tertiary alicyclic amines) is 1. The Morgan fingerprint density at radius 2 is 1.62 bits per heavy atom. The van der Waals surface area contributed by atoms with E-state index in [1.54, 1.807) is 0 Å². The van der Waals surface area contributed by atoms with E-state index in [1.807, 2.05) is 30.3 Å². The smallest absolute Gasteiger partial charge is 0.153 e. The fourth-order valence-corrected chi connectivity index (χ4v) is 4.45. The van der Waals surface area contributed by atoms with Crippen molar-refractivity contribution in [1.82, 2.24) is 4.90 Å². The molecule has 2 aromatic carbocycles. The third-order valence-corrected chi connectivity index (χ3v) is 5.31. The van der Waals surface area contributed by atoms with Gasteiger partial charge in [-0.2, -0.15) is 0 Å². The number of hydrogen-bond acceptors (Lipinski definition) is 3. The number of para-hydroxylation sites is 1. The zero-order valence-corrected chi connectivity index (χ0v) is 12.5. The van der Waals surface area contributed by atoms with Gasteiger partial charge in [0.1, 0.15) is 5.60 Å². The molecule has 0 saturated carbocycles. The first kappa shape index (κ1) is 12.9. The van der Waals surface area contributed by atoms with E-state index in [0.29, 0.717) is 0 Å². The van der Waals surface area contributed by atoms with E-state index in [9.17, 15) is 5.11 Å². The van der Waals surface area contributed by atoms with Crippen molar-refractivity contribution >= 4 is 5.69 Å². The van der Waals surface area contributed by atoms with E-state index in [2.05, 4.69) is 48.2 Å². The monoisotopic (exact) mass is 280 g/mol. The highest BCUT2D eigenvalue weighted by Crippen LogP contribution is 2.60. The molecule has 2 aliphatic rings. The van der Waals surface area contributed by atoms with Gasteiger partial charge in [0.25, 0.3) is 0 Å². The Bertz CT molecular complexity index is 687. The molecular weight excluding hydrogens is 260 g/mol. The summed E-state index contributed by atoms with van der Waals surface area (Å²) in [5.41, 5.74) is 1.93. The summed E-state index contributed by atoms with van der Waals surface area (Å²) in [6.07, 6.45) is 0.750. The molecule has 4 rings (SSSR count). The van der Waals surface area contributed by atoms with Crippen LogP contribution in [0.15, 0.2) is 54.6 Å². The van der Waals surface area contributed by atoms with Gasteiger partial charge in [0.2, 0.25) is 0 Å². The molecule has 2 aromatic rings. The molecule has 2 atom stereocenters. The summed E-state index contributed by atoms with van der Waals surface area (Å²) in [7, 11) is 4.19. The zero-order valence-electron chi connectivity index (χ0n) is 12.5. The molecule has 1 saturated heterocycles. The second-order valence-electron chi connectivity index (χ2n) is 6.15. The van der Waals surface area contributed by atoms with Crippen LogP contribution < -0.4 is 4.90 Å². The van der Waals surface area contributed by atoms with E-state index in [4.69, 9.17) is 0 Å². The molecule has 108 valence electrons. The van der Waals surface area contributed by atoms with Crippen LogP contribution in [0.3, 0.4) is 0 Å². The van der Waals surface area contributed by atoms with Gasteiger partial charge < -0.3 is 10.0 Å². The fourth-order valence-electron chi connectivity index (χ4n) is 4.45. The molecule has 21 heavy (non-hydrogen) atoms. The lowest BCUT2D eigenvalue weighted by atomic mass is 9.80. The Morgan fingerprint density at radius 3 is 2.38 bits per heavy atom. The number of rotatable bonds is 1. The Morgan fingerprint density at radius 1 is 0.952 bits per heavy atom. The molecular formula is C18H20N2O. The molecule has 0 unspecified atom stereocenters. The topological polar surface area (TPSA) is 26.7 Å². The van der Waals surface area contributed by atoms with Crippen molar-refractivity contribution in [3.63, 3.8) is 0 Å². The fraction of sp³-hybridized carbons (Fsp3) is 0.333. The molecule has 0 radical (unpaired) electrons. The summed E-state index contributed by atoms with van der Waals surface area (Å²) < 4.78 is 0. The van der Waals surface area contributed by atoms with Gasteiger partial charge in [0, 0.05) is 24.8 Å². The summed E-state index contributed by atoms with van der Waals surface area (Å²) in [6, 6.07) is 18.6. The van der Waals surface area contributed by atoms with Crippen molar-refractivity contribution in [2.75, 3.05) is 25.5 Å². The maximum atomic E-state index is 11.6. The van der Waals surface area contributed by atoms with E-state index < -0.39 is 11.3 Å². The normalized spacial score (nSPS) is 31.3. The third-order valence-electron chi connectivity index (χ3n) is 5.31. The molecule has 0 aliphatic carbocycles. The van der Waals surface area contributed by atoms with Crippen LogP contribution in [0.1, 0.15) is 17.5 Å². The van der Waals surface area contributed by atoms with Crippen molar-refractivity contribution in [3.05, 3.63) is 65.7 Å². The summed E-state index contributed by atoms with van der Waals surface area (Å²) in [5, 5.41) is 11.6. The molecule has 0 spiro atoms. The van der Waals surface area contributed by atoms with Gasteiger partial charge in [-0.15, -0.1) is 0 Å². The van der Waals surface area contributed by atoms with Gasteiger partial charge in [-0.1, -0.05) is 48.5 Å². The van der Waals surface area contributed by atoms with Crippen LogP contribution in [0, 0.1) is 0 Å². The average molecular weight is 280 g/mol. The second-order valence-corrected chi connectivity index (χ2v) is 6.15. The number of fused-ring (bicyclic) bond motifs is 3. The maximum absolute atomic E-state index is 11.6. The largest absolute Gasteiger partial charge is 0.381 e. The van der Waals surface area contributed by atoms with Crippen molar-refractivity contribution in [1.29, 1.82) is 0 Å². The molecule has 2 aliphatic heterocycles. The number of anilines is 1. The van der Waals surface area contributed by atoms with Gasteiger partial charge in [-0.25, -0.2) is 0 Å². The van der Waals surface area contributed by atoms with Crippen LogP contribution in [0.2, 0.25) is 0 Å². The molecule has 1 fully saturated rings. The average Bonchev–Trinajstić information content (AvgIpc) is 2.91. The van der Waals surface area contributed by atoms with Crippen molar-refractivity contribution in [2.24, 2.45) is 0 Å². The molecule has 2 heterocycles. The van der Waals surface area contributed by atoms with Gasteiger partial charge >= 0.3 is 0 Å². The van der Waals surface area contributed by atoms with Gasteiger partial charge in [0.15, 0.2) is 5.66 Å². The number of nitrogens with zero attached hydrogens (tertiary/aromatic N) is 2.